The Balaban J connectivity index is 2.53. The summed E-state index contributed by atoms with van der Waals surface area (Å²) < 4.78 is 4.81. The van der Waals surface area contributed by atoms with Crippen LogP contribution in [-0.4, -0.2) is 36.9 Å². The number of carboxylic acid groups (broad SMARTS) is 1. The number of ether oxygens (including phenoxy) is 1. The maximum absolute atomic E-state index is 11.7. The number of urea groups is 1. The van der Waals surface area contributed by atoms with E-state index in [4.69, 9.17) is 9.84 Å². The molecule has 1 rings (SSSR count). The maximum Gasteiger partial charge on any atom is 0.326 e. The van der Waals surface area contributed by atoms with Crippen LogP contribution >= 0.6 is 0 Å². The molecule has 3 N–H and O–H groups in total. The summed E-state index contributed by atoms with van der Waals surface area (Å²) in [5.41, 5.74) is 1.79. The average Bonchev–Trinajstić information content (AvgIpc) is 2.44. The van der Waals surface area contributed by atoms with Crippen LogP contribution in [0.25, 0.3) is 0 Å². The number of hydrogen-bond acceptors (Lipinski definition) is 3. The number of carboxylic acids is 1. The smallest absolute Gasteiger partial charge is 0.326 e. The molecule has 6 heteroatoms. The van der Waals surface area contributed by atoms with Crippen molar-refractivity contribution in [1.82, 2.24) is 5.32 Å². The lowest BCUT2D eigenvalue weighted by Crippen LogP contribution is -2.43. The second-order valence-electron chi connectivity index (χ2n) is 4.32. The number of anilines is 1. The first kappa shape index (κ1) is 16.0. The highest BCUT2D eigenvalue weighted by Gasteiger charge is 2.19. The minimum atomic E-state index is -1.08. The Morgan fingerprint density at radius 3 is 2.45 bits per heavy atom. The Kier molecular flexibility index (Phi) is 6.52. The molecule has 0 heterocycles. The second kappa shape index (κ2) is 8.16. The Morgan fingerprint density at radius 1 is 1.30 bits per heavy atom. The highest BCUT2D eigenvalue weighted by Crippen LogP contribution is 2.09. The molecule has 0 bridgehead atoms. The molecule has 2 amide bonds. The summed E-state index contributed by atoms with van der Waals surface area (Å²) >= 11 is 0. The third-order valence-electron chi connectivity index (χ3n) is 2.83. The Hall–Kier alpha value is -2.08. The van der Waals surface area contributed by atoms with Gasteiger partial charge in [0.25, 0.3) is 0 Å². The van der Waals surface area contributed by atoms with Gasteiger partial charge in [0.15, 0.2) is 0 Å². The van der Waals surface area contributed by atoms with Crippen LogP contribution in [0.2, 0.25) is 0 Å². The van der Waals surface area contributed by atoms with Gasteiger partial charge in [-0.1, -0.05) is 19.1 Å². The van der Waals surface area contributed by atoms with Crippen LogP contribution in [0.15, 0.2) is 24.3 Å². The van der Waals surface area contributed by atoms with Crippen molar-refractivity contribution in [3.8, 4) is 0 Å². The number of benzene rings is 1. The Labute approximate surface area is 118 Å². The minimum absolute atomic E-state index is 0.216. The van der Waals surface area contributed by atoms with Gasteiger partial charge in [0.1, 0.15) is 6.04 Å². The number of carbonyl (C=O) groups excluding carboxylic acids is 1. The van der Waals surface area contributed by atoms with Crippen molar-refractivity contribution in [2.45, 2.75) is 25.8 Å². The van der Waals surface area contributed by atoms with Crippen LogP contribution in [-0.2, 0) is 16.0 Å². The molecule has 0 fully saturated rings. The monoisotopic (exact) mass is 280 g/mol. The standard InChI is InChI=1S/C14H20N2O4/c1-3-10-4-6-11(7-5-10)15-14(19)16-12(13(17)18)8-9-20-2/h4-7,12H,3,8-9H2,1-2H3,(H,17,18)(H2,15,16,19). The highest BCUT2D eigenvalue weighted by molar-refractivity contribution is 5.92. The number of amides is 2. The lowest BCUT2D eigenvalue weighted by molar-refractivity contribution is -0.139. The molecular weight excluding hydrogens is 260 g/mol. The van der Waals surface area contributed by atoms with Crippen molar-refractivity contribution in [3.63, 3.8) is 0 Å². The fourth-order valence-electron chi connectivity index (χ4n) is 1.64. The predicted molar refractivity (Wildman–Crippen MR) is 75.9 cm³/mol. The number of hydrogen-bond donors (Lipinski definition) is 3. The molecular formula is C14H20N2O4. The average molecular weight is 280 g/mol. The van der Waals surface area contributed by atoms with E-state index in [0.29, 0.717) is 5.69 Å². The number of aliphatic carboxylic acids is 1. The van der Waals surface area contributed by atoms with E-state index in [1.165, 1.54) is 12.7 Å². The lowest BCUT2D eigenvalue weighted by Gasteiger charge is -2.14. The van der Waals surface area contributed by atoms with E-state index in [9.17, 15) is 9.59 Å². The normalized spacial score (nSPS) is 11.7. The van der Waals surface area contributed by atoms with Gasteiger partial charge >= 0.3 is 12.0 Å². The van der Waals surface area contributed by atoms with Gasteiger partial charge in [0.05, 0.1) is 0 Å². The maximum atomic E-state index is 11.7. The van der Waals surface area contributed by atoms with Gasteiger partial charge in [-0.3, -0.25) is 0 Å². The molecule has 0 aliphatic heterocycles. The van der Waals surface area contributed by atoms with E-state index >= 15 is 0 Å². The van der Waals surface area contributed by atoms with Gasteiger partial charge in [-0.15, -0.1) is 0 Å². The van der Waals surface area contributed by atoms with E-state index in [-0.39, 0.29) is 13.0 Å². The van der Waals surface area contributed by atoms with Gasteiger partial charge in [-0.2, -0.15) is 0 Å². The van der Waals surface area contributed by atoms with Gasteiger partial charge < -0.3 is 20.5 Å². The molecule has 0 radical (unpaired) electrons. The van der Waals surface area contributed by atoms with Crippen molar-refractivity contribution >= 4 is 17.7 Å². The molecule has 20 heavy (non-hydrogen) atoms. The molecule has 6 nitrogen and oxygen atoms in total. The van der Waals surface area contributed by atoms with Crippen molar-refractivity contribution in [2.24, 2.45) is 0 Å². The molecule has 0 aliphatic carbocycles. The SMILES string of the molecule is CCc1ccc(NC(=O)NC(CCOC)C(=O)O)cc1. The van der Waals surface area contributed by atoms with Gasteiger partial charge in [0, 0.05) is 25.8 Å². The summed E-state index contributed by atoms with van der Waals surface area (Å²) in [6.45, 7) is 2.31. The van der Waals surface area contributed by atoms with Gasteiger partial charge in [-0.05, 0) is 24.1 Å². The molecule has 1 unspecified atom stereocenters. The molecule has 0 aliphatic rings. The van der Waals surface area contributed by atoms with Crippen LogP contribution in [0.1, 0.15) is 18.9 Å². The Morgan fingerprint density at radius 2 is 1.95 bits per heavy atom. The second-order valence-corrected chi connectivity index (χ2v) is 4.32. The van der Waals surface area contributed by atoms with Crippen molar-refractivity contribution in [2.75, 3.05) is 19.0 Å². The summed E-state index contributed by atoms with van der Waals surface area (Å²) in [4.78, 5) is 22.7. The number of nitrogens with one attached hydrogen (secondary N) is 2. The van der Waals surface area contributed by atoms with Crippen LogP contribution in [0.3, 0.4) is 0 Å². The van der Waals surface area contributed by atoms with Gasteiger partial charge in [-0.25, -0.2) is 9.59 Å². The fraction of sp³-hybridized carbons (Fsp3) is 0.429. The van der Waals surface area contributed by atoms with E-state index in [1.54, 1.807) is 12.1 Å². The van der Waals surface area contributed by atoms with E-state index in [1.807, 2.05) is 19.1 Å². The minimum Gasteiger partial charge on any atom is -0.480 e. The molecule has 0 aromatic heterocycles. The first-order valence-corrected chi connectivity index (χ1v) is 6.45. The lowest BCUT2D eigenvalue weighted by atomic mass is 10.1. The third-order valence-corrected chi connectivity index (χ3v) is 2.83. The van der Waals surface area contributed by atoms with Crippen LogP contribution in [0.5, 0.6) is 0 Å². The predicted octanol–water partition coefficient (Wildman–Crippen LogP) is 1.86. The van der Waals surface area contributed by atoms with Crippen LogP contribution < -0.4 is 10.6 Å². The first-order chi connectivity index (χ1) is 9.56. The highest BCUT2D eigenvalue weighted by atomic mass is 16.5. The Bertz CT molecular complexity index is 445. The van der Waals surface area contributed by atoms with Gasteiger partial charge in [0.2, 0.25) is 0 Å². The summed E-state index contributed by atoms with van der Waals surface area (Å²) in [6.07, 6.45) is 1.14. The molecule has 1 atom stereocenters. The summed E-state index contributed by atoms with van der Waals surface area (Å²) in [5.74, 6) is -1.08. The zero-order valence-electron chi connectivity index (χ0n) is 11.7. The molecule has 0 spiro atoms. The zero-order valence-corrected chi connectivity index (χ0v) is 11.7. The quantitative estimate of drug-likeness (QED) is 0.711. The fourth-order valence-corrected chi connectivity index (χ4v) is 1.64. The van der Waals surface area contributed by atoms with E-state index in [2.05, 4.69) is 10.6 Å². The van der Waals surface area contributed by atoms with Crippen molar-refractivity contribution in [1.29, 1.82) is 0 Å². The topological polar surface area (TPSA) is 87.7 Å². The molecule has 1 aromatic rings. The number of aryl methyl sites for hydroxylation is 1. The van der Waals surface area contributed by atoms with Crippen molar-refractivity contribution in [3.05, 3.63) is 29.8 Å². The molecule has 0 saturated carbocycles. The molecule has 1 aromatic carbocycles. The summed E-state index contributed by atoms with van der Waals surface area (Å²) in [7, 11) is 1.48. The largest absolute Gasteiger partial charge is 0.480 e. The van der Waals surface area contributed by atoms with Crippen LogP contribution in [0.4, 0.5) is 10.5 Å². The molecule has 110 valence electrons. The van der Waals surface area contributed by atoms with E-state index < -0.39 is 18.0 Å². The van der Waals surface area contributed by atoms with E-state index in [0.717, 1.165) is 6.42 Å². The van der Waals surface area contributed by atoms with Crippen LogP contribution in [0, 0.1) is 0 Å². The summed E-state index contributed by atoms with van der Waals surface area (Å²) in [5, 5.41) is 14.0. The third kappa shape index (κ3) is 5.27. The number of rotatable bonds is 7. The van der Waals surface area contributed by atoms with Crippen molar-refractivity contribution < 1.29 is 19.4 Å². The zero-order chi connectivity index (χ0) is 15.0. The number of carbonyl (C=O) groups is 2. The first-order valence-electron chi connectivity index (χ1n) is 6.45. The summed E-state index contributed by atoms with van der Waals surface area (Å²) in [6, 6.07) is 5.87. The molecule has 0 saturated heterocycles. The number of methoxy groups -OCH3 is 1.